The lowest BCUT2D eigenvalue weighted by molar-refractivity contribution is 0.196. The zero-order valence-corrected chi connectivity index (χ0v) is 10.3. The fourth-order valence-electron chi connectivity index (χ4n) is 2.13. The molecule has 1 heterocycles. The summed E-state index contributed by atoms with van der Waals surface area (Å²) < 4.78 is 13.7. The first-order valence-electron chi connectivity index (χ1n) is 5.75. The number of likely N-dealkylation sites (tertiary alicyclic amines) is 1. The molecule has 4 heteroatoms. The van der Waals surface area contributed by atoms with Crippen molar-refractivity contribution < 1.29 is 4.39 Å². The van der Waals surface area contributed by atoms with Gasteiger partial charge >= 0.3 is 0 Å². The average Bonchev–Trinajstić information content (AvgIpc) is 2.36. The third-order valence-corrected chi connectivity index (χ3v) is 3.49. The molecule has 1 aromatic carbocycles. The Balaban J connectivity index is 1.98. The Labute approximate surface area is 106 Å². The molecule has 0 spiro atoms. The number of benzene rings is 1. The van der Waals surface area contributed by atoms with E-state index in [9.17, 15) is 4.39 Å². The number of halogens is 2. The monoisotopic (exact) mass is 252 g/mol. The zero-order valence-electron chi connectivity index (χ0n) is 9.50. The van der Waals surface area contributed by atoms with Crippen LogP contribution < -0.4 is 0 Å². The molecule has 0 amide bonds. The zero-order chi connectivity index (χ0) is 12.3. The number of hydrogen-bond acceptors (Lipinski definition) is 2. The van der Waals surface area contributed by atoms with E-state index in [1.54, 1.807) is 18.2 Å². The molecule has 0 bridgehead atoms. The summed E-state index contributed by atoms with van der Waals surface area (Å²) in [7, 11) is 0. The summed E-state index contributed by atoms with van der Waals surface area (Å²) in [6.07, 6.45) is 1.75. The van der Waals surface area contributed by atoms with Crippen molar-refractivity contribution in [3.63, 3.8) is 0 Å². The van der Waals surface area contributed by atoms with Crippen molar-refractivity contribution in [1.29, 1.82) is 5.26 Å². The van der Waals surface area contributed by atoms with Gasteiger partial charge in [-0.2, -0.15) is 5.26 Å². The van der Waals surface area contributed by atoms with Crippen LogP contribution in [0.1, 0.15) is 18.4 Å². The van der Waals surface area contributed by atoms with Crippen molar-refractivity contribution in [3.8, 4) is 6.07 Å². The van der Waals surface area contributed by atoms with Crippen molar-refractivity contribution in [2.45, 2.75) is 19.4 Å². The van der Waals surface area contributed by atoms with Crippen LogP contribution in [0.15, 0.2) is 18.2 Å². The summed E-state index contributed by atoms with van der Waals surface area (Å²) in [5.41, 5.74) is 0.632. The summed E-state index contributed by atoms with van der Waals surface area (Å²) in [6.45, 7) is 2.28. The van der Waals surface area contributed by atoms with Crippen LogP contribution in [0.5, 0.6) is 0 Å². The molecule has 0 aromatic heterocycles. The summed E-state index contributed by atoms with van der Waals surface area (Å²) in [5, 5.41) is 8.98. The highest BCUT2D eigenvalue weighted by Gasteiger charge is 2.19. The summed E-state index contributed by atoms with van der Waals surface area (Å²) >= 11 is 5.74. The molecule has 1 aliphatic heterocycles. The van der Waals surface area contributed by atoms with E-state index in [1.807, 2.05) is 0 Å². The minimum Gasteiger partial charge on any atom is -0.299 e. The topological polar surface area (TPSA) is 27.0 Å². The first kappa shape index (κ1) is 12.3. The van der Waals surface area contributed by atoms with Gasteiger partial charge in [0.25, 0.3) is 0 Å². The van der Waals surface area contributed by atoms with Crippen LogP contribution in [0.3, 0.4) is 0 Å². The normalized spacial score (nSPS) is 17.9. The molecule has 0 unspecified atom stereocenters. The molecular weight excluding hydrogens is 239 g/mol. The van der Waals surface area contributed by atoms with E-state index < -0.39 is 0 Å². The Hall–Kier alpha value is -1.11. The van der Waals surface area contributed by atoms with Gasteiger partial charge < -0.3 is 0 Å². The standard InChI is InChI=1S/C13H14ClFN2/c14-12-3-1-2-11(13(12)15)9-17-6-4-10(8-16)5-7-17/h1-3,10H,4-7,9H2. The molecule has 1 fully saturated rings. The Bertz CT molecular complexity index is 434. The average molecular weight is 253 g/mol. The van der Waals surface area contributed by atoms with Gasteiger partial charge in [0.05, 0.1) is 11.1 Å². The van der Waals surface area contributed by atoms with Crippen LogP contribution in [0.25, 0.3) is 0 Å². The maximum Gasteiger partial charge on any atom is 0.146 e. The molecule has 0 atom stereocenters. The quantitative estimate of drug-likeness (QED) is 0.808. The molecule has 2 nitrogen and oxygen atoms in total. The van der Waals surface area contributed by atoms with E-state index in [0.717, 1.165) is 25.9 Å². The summed E-state index contributed by atoms with van der Waals surface area (Å²) in [6, 6.07) is 7.37. The van der Waals surface area contributed by atoms with Gasteiger partial charge in [0.2, 0.25) is 0 Å². The van der Waals surface area contributed by atoms with Crippen molar-refractivity contribution in [2.75, 3.05) is 13.1 Å². The van der Waals surface area contributed by atoms with Crippen LogP contribution in [0.4, 0.5) is 4.39 Å². The molecule has 1 aliphatic rings. The van der Waals surface area contributed by atoms with Gasteiger partial charge in [0.15, 0.2) is 0 Å². The van der Waals surface area contributed by atoms with Crippen molar-refractivity contribution in [2.24, 2.45) is 5.92 Å². The maximum absolute atomic E-state index is 13.7. The van der Waals surface area contributed by atoms with E-state index in [4.69, 9.17) is 16.9 Å². The van der Waals surface area contributed by atoms with Gasteiger partial charge in [-0.15, -0.1) is 0 Å². The Morgan fingerprint density at radius 3 is 2.76 bits per heavy atom. The molecule has 0 aliphatic carbocycles. The lowest BCUT2D eigenvalue weighted by atomic mass is 9.98. The third kappa shape index (κ3) is 2.96. The van der Waals surface area contributed by atoms with Gasteiger partial charge in [0, 0.05) is 18.0 Å². The largest absolute Gasteiger partial charge is 0.299 e. The fraction of sp³-hybridized carbons (Fsp3) is 0.462. The highest BCUT2D eigenvalue weighted by Crippen LogP contribution is 2.22. The van der Waals surface area contributed by atoms with Gasteiger partial charge in [-0.3, -0.25) is 4.90 Å². The minimum atomic E-state index is -0.323. The number of piperidine rings is 1. The van der Waals surface area contributed by atoms with Crippen LogP contribution >= 0.6 is 11.6 Å². The predicted octanol–water partition coefficient (Wildman–Crippen LogP) is 3.21. The number of nitrogens with zero attached hydrogens (tertiary/aromatic N) is 2. The van der Waals surface area contributed by atoms with Crippen LogP contribution in [-0.4, -0.2) is 18.0 Å². The number of hydrogen-bond donors (Lipinski definition) is 0. The van der Waals surface area contributed by atoms with Crippen molar-refractivity contribution in [3.05, 3.63) is 34.6 Å². The first-order valence-corrected chi connectivity index (χ1v) is 6.13. The van der Waals surface area contributed by atoms with Gasteiger partial charge in [-0.1, -0.05) is 23.7 Å². The molecule has 0 N–H and O–H groups in total. The molecule has 2 rings (SSSR count). The summed E-state index contributed by atoms with van der Waals surface area (Å²) in [4.78, 5) is 2.17. The molecule has 17 heavy (non-hydrogen) atoms. The van der Waals surface area contributed by atoms with Crippen LogP contribution in [0.2, 0.25) is 5.02 Å². The fourth-order valence-corrected chi connectivity index (χ4v) is 2.33. The molecule has 1 aromatic rings. The SMILES string of the molecule is N#CC1CCN(Cc2cccc(Cl)c2F)CC1. The Morgan fingerprint density at radius 2 is 2.12 bits per heavy atom. The molecule has 0 radical (unpaired) electrons. The second-order valence-corrected chi connectivity index (χ2v) is 4.80. The van der Waals surface area contributed by atoms with E-state index in [1.165, 1.54) is 0 Å². The van der Waals surface area contributed by atoms with Crippen LogP contribution in [0, 0.1) is 23.1 Å². The van der Waals surface area contributed by atoms with Gasteiger partial charge in [-0.25, -0.2) is 4.39 Å². The maximum atomic E-state index is 13.7. The lowest BCUT2D eigenvalue weighted by Gasteiger charge is -2.29. The second kappa shape index (κ2) is 5.48. The van der Waals surface area contributed by atoms with E-state index in [2.05, 4.69) is 11.0 Å². The Morgan fingerprint density at radius 1 is 1.41 bits per heavy atom. The molecule has 1 saturated heterocycles. The third-order valence-electron chi connectivity index (χ3n) is 3.20. The van der Waals surface area contributed by atoms with E-state index in [0.29, 0.717) is 12.1 Å². The number of nitriles is 1. The minimum absolute atomic E-state index is 0.162. The Kier molecular flexibility index (Phi) is 3.98. The van der Waals surface area contributed by atoms with Gasteiger partial charge in [-0.05, 0) is 32.0 Å². The van der Waals surface area contributed by atoms with E-state index in [-0.39, 0.29) is 16.8 Å². The number of rotatable bonds is 2. The van der Waals surface area contributed by atoms with E-state index >= 15 is 0 Å². The summed E-state index contributed by atoms with van der Waals surface area (Å²) in [5.74, 6) is -0.160. The smallest absolute Gasteiger partial charge is 0.146 e. The van der Waals surface area contributed by atoms with Crippen molar-refractivity contribution >= 4 is 11.6 Å². The van der Waals surface area contributed by atoms with Crippen LogP contribution in [-0.2, 0) is 6.54 Å². The lowest BCUT2D eigenvalue weighted by Crippen LogP contribution is -2.33. The second-order valence-electron chi connectivity index (χ2n) is 4.39. The predicted molar refractivity (Wildman–Crippen MR) is 65.0 cm³/mol. The highest BCUT2D eigenvalue weighted by atomic mass is 35.5. The van der Waals surface area contributed by atoms with Crippen molar-refractivity contribution in [1.82, 2.24) is 4.90 Å². The van der Waals surface area contributed by atoms with Gasteiger partial charge in [0.1, 0.15) is 5.82 Å². The molecular formula is C13H14ClFN2. The first-order chi connectivity index (χ1) is 8.20. The molecule has 0 saturated carbocycles. The molecule has 90 valence electrons. The highest BCUT2D eigenvalue weighted by molar-refractivity contribution is 6.30.